The fraction of sp³-hybridized carbons (Fsp3) is 0.286. The quantitative estimate of drug-likeness (QED) is 0.399. The molecule has 0 aliphatic carbocycles. The van der Waals surface area contributed by atoms with Crippen molar-refractivity contribution < 1.29 is 18.7 Å². The third kappa shape index (κ3) is 5.62. The SMILES string of the molecule is C=CCN(CC(=O)N1CCc2sccc2C1COc1ccc(C)cc1C)C(=O)c1cccc(F)c1. The van der Waals surface area contributed by atoms with Crippen LogP contribution in [0.4, 0.5) is 4.39 Å². The van der Waals surface area contributed by atoms with Crippen molar-refractivity contribution in [2.24, 2.45) is 0 Å². The summed E-state index contributed by atoms with van der Waals surface area (Å²) in [5.41, 5.74) is 3.50. The number of hydrogen-bond acceptors (Lipinski definition) is 4. The van der Waals surface area contributed by atoms with E-state index in [1.807, 2.05) is 31.4 Å². The largest absolute Gasteiger partial charge is 0.491 e. The van der Waals surface area contributed by atoms with Gasteiger partial charge in [-0.25, -0.2) is 4.39 Å². The minimum absolute atomic E-state index is 0.124. The number of ether oxygens (including phenoxy) is 1. The summed E-state index contributed by atoms with van der Waals surface area (Å²) >= 11 is 1.69. The van der Waals surface area contributed by atoms with Crippen LogP contribution in [0.5, 0.6) is 5.75 Å². The van der Waals surface area contributed by atoms with Crippen molar-refractivity contribution in [3.05, 3.63) is 99.5 Å². The summed E-state index contributed by atoms with van der Waals surface area (Å²) in [4.78, 5) is 31.0. The number of rotatable bonds is 8. The van der Waals surface area contributed by atoms with Crippen LogP contribution < -0.4 is 4.74 Å². The second-order valence-electron chi connectivity index (χ2n) is 8.72. The molecular formula is C28H29FN2O3S. The van der Waals surface area contributed by atoms with Gasteiger partial charge < -0.3 is 14.5 Å². The van der Waals surface area contributed by atoms with E-state index in [0.29, 0.717) is 13.2 Å². The molecule has 3 aromatic rings. The molecule has 7 heteroatoms. The van der Waals surface area contributed by atoms with E-state index in [9.17, 15) is 14.0 Å². The Hall–Kier alpha value is -3.45. The molecule has 0 fully saturated rings. The van der Waals surface area contributed by atoms with Crippen LogP contribution >= 0.6 is 11.3 Å². The van der Waals surface area contributed by atoms with Crippen LogP contribution in [0.25, 0.3) is 0 Å². The van der Waals surface area contributed by atoms with E-state index in [1.165, 1.54) is 28.0 Å². The van der Waals surface area contributed by atoms with Gasteiger partial charge in [-0.15, -0.1) is 17.9 Å². The lowest BCUT2D eigenvalue weighted by Gasteiger charge is -2.37. The van der Waals surface area contributed by atoms with E-state index < -0.39 is 11.7 Å². The molecule has 1 aliphatic heterocycles. The molecule has 5 nitrogen and oxygen atoms in total. The highest BCUT2D eigenvalue weighted by Gasteiger charge is 2.33. The van der Waals surface area contributed by atoms with E-state index in [1.54, 1.807) is 28.4 Å². The number of halogens is 1. The molecule has 4 rings (SSSR count). The molecule has 1 aromatic heterocycles. The first kappa shape index (κ1) is 24.7. The second-order valence-corrected chi connectivity index (χ2v) is 9.72. The topological polar surface area (TPSA) is 49.9 Å². The third-order valence-corrected chi connectivity index (χ3v) is 7.17. The molecule has 1 atom stereocenters. The Labute approximate surface area is 209 Å². The van der Waals surface area contributed by atoms with Crippen LogP contribution in [0.3, 0.4) is 0 Å². The number of benzene rings is 2. The smallest absolute Gasteiger partial charge is 0.254 e. The van der Waals surface area contributed by atoms with Gasteiger partial charge in [0.15, 0.2) is 0 Å². The first-order chi connectivity index (χ1) is 16.9. The molecule has 2 amide bonds. The number of aryl methyl sites for hydroxylation is 2. The first-order valence-electron chi connectivity index (χ1n) is 11.6. The van der Waals surface area contributed by atoms with Crippen molar-refractivity contribution in [1.29, 1.82) is 0 Å². The normalized spacial score (nSPS) is 14.8. The molecule has 0 saturated heterocycles. The van der Waals surface area contributed by atoms with Gasteiger partial charge in [-0.1, -0.05) is 29.8 Å². The van der Waals surface area contributed by atoms with Crippen LogP contribution in [0, 0.1) is 19.7 Å². The lowest BCUT2D eigenvalue weighted by Crippen LogP contribution is -2.47. The fourth-order valence-electron chi connectivity index (χ4n) is 4.44. The van der Waals surface area contributed by atoms with Gasteiger partial charge in [0.2, 0.25) is 5.91 Å². The predicted molar refractivity (Wildman–Crippen MR) is 136 cm³/mol. The van der Waals surface area contributed by atoms with Crippen molar-refractivity contribution in [2.45, 2.75) is 26.3 Å². The van der Waals surface area contributed by atoms with Crippen molar-refractivity contribution in [1.82, 2.24) is 9.80 Å². The summed E-state index contributed by atoms with van der Waals surface area (Å²) < 4.78 is 19.9. The number of fused-ring (bicyclic) bond motifs is 1. The molecular weight excluding hydrogens is 463 g/mol. The Morgan fingerprint density at radius 3 is 2.80 bits per heavy atom. The predicted octanol–water partition coefficient (Wildman–Crippen LogP) is 5.34. The minimum Gasteiger partial charge on any atom is -0.491 e. The second kappa shape index (κ2) is 10.9. The van der Waals surface area contributed by atoms with Crippen molar-refractivity contribution in [3.63, 3.8) is 0 Å². The van der Waals surface area contributed by atoms with Crippen LogP contribution in [0.15, 0.2) is 66.6 Å². The molecule has 0 spiro atoms. The first-order valence-corrected chi connectivity index (χ1v) is 12.5. The van der Waals surface area contributed by atoms with E-state index in [-0.39, 0.29) is 30.6 Å². The van der Waals surface area contributed by atoms with E-state index in [2.05, 4.69) is 18.7 Å². The van der Waals surface area contributed by atoms with Crippen molar-refractivity contribution in [3.8, 4) is 5.75 Å². The van der Waals surface area contributed by atoms with Gasteiger partial charge in [-0.3, -0.25) is 9.59 Å². The van der Waals surface area contributed by atoms with Gasteiger partial charge in [-0.05, 0) is 67.1 Å². The van der Waals surface area contributed by atoms with Crippen LogP contribution in [0.2, 0.25) is 0 Å². The molecule has 2 aromatic carbocycles. The number of thiophene rings is 1. The number of nitrogens with zero attached hydrogens (tertiary/aromatic N) is 2. The van der Waals surface area contributed by atoms with Crippen LogP contribution in [0.1, 0.15) is 38.0 Å². The van der Waals surface area contributed by atoms with E-state index >= 15 is 0 Å². The summed E-state index contributed by atoms with van der Waals surface area (Å²) in [6, 6.07) is 13.3. The maximum absolute atomic E-state index is 13.7. The third-order valence-electron chi connectivity index (χ3n) is 6.18. The molecule has 1 aliphatic rings. The summed E-state index contributed by atoms with van der Waals surface area (Å²) in [7, 11) is 0. The van der Waals surface area contributed by atoms with Gasteiger partial charge in [0.25, 0.3) is 5.91 Å². The molecule has 2 heterocycles. The maximum Gasteiger partial charge on any atom is 0.254 e. The highest BCUT2D eigenvalue weighted by molar-refractivity contribution is 7.10. The molecule has 1 unspecified atom stereocenters. The minimum atomic E-state index is -0.495. The van der Waals surface area contributed by atoms with Crippen molar-refractivity contribution >= 4 is 23.2 Å². The lowest BCUT2D eigenvalue weighted by molar-refractivity contribution is -0.135. The van der Waals surface area contributed by atoms with Gasteiger partial charge in [0.05, 0.1) is 6.04 Å². The molecule has 0 bridgehead atoms. The highest BCUT2D eigenvalue weighted by Crippen LogP contribution is 2.34. The standard InChI is InChI=1S/C28H29FN2O3S/c1-4-12-30(28(33)21-6-5-7-22(29)16-21)17-27(32)31-13-10-26-23(11-14-35-26)24(31)18-34-25-9-8-19(2)15-20(25)3/h4-9,11,14-16,24H,1,10,12-13,17-18H2,2-3H3. The van der Waals surface area contributed by atoms with Gasteiger partial charge in [0.1, 0.15) is 24.7 Å². The number of hydrogen-bond donors (Lipinski definition) is 0. The van der Waals surface area contributed by atoms with Crippen molar-refractivity contribution in [2.75, 3.05) is 26.2 Å². The molecule has 0 N–H and O–H groups in total. The Balaban J connectivity index is 1.54. The summed E-state index contributed by atoms with van der Waals surface area (Å²) in [6.45, 7) is 8.68. The van der Waals surface area contributed by atoms with E-state index in [0.717, 1.165) is 28.9 Å². The zero-order chi connectivity index (χ0) is 24.9. The monoisotopic (exact) mass is 492 g/mol. The summed E-state index contributed by atoms with van der Waals surface area (Å²) in [5, 5.41) is 2.04. The maximum atomic E-state index is 13.7. The van der Waals surface area contributed by atoms with Crippen LogP contribution in [-0.4, -0.2) is 47.9 Å². The van der Waals surface area contributed by atoms with Gasteiger partial charge in [-0.2, -0.15) is 0 Å². The van der Waals surface area contributed by atoms with Gasteiger partial charge in [0, 0.05) is 23.5 Å². The Bertz CT molecular complexity index is 1240. The fourth-order valence-corrected chi connectivity index (χ4v) is 5.37. The Kier molecular flexibility index (Phi) is 7.66. The zero-order valence-electron chi connectivity index (χ0n) is 20.0. The molecule has 0 radical (unpaired) electrons. The average molecular weight is 493 g/mol. The molecule has 182 valence electrons. The average Bonchev–Trinajstić information content (AvgIpc) is 3.32. The molecule has 0 saturated carbocycles. The number of carbonyl (C=O) groups is 2. The van der Waals surface area contributed by atoms with E-state index in [4.69, 9.17) is 4.74 Å². The highest BCUT2D eigenvalue weighted by atomic mass is 32.1. The molecule has 35 heavy (non-hydrogen) atoms. The number of amides is 2. The van der Waals surface area contributed by atoms with Crippen LogP contribution in [-0.2, 0) is 11.2 Å². The Morgan fingerprint density at radius 2 is 2.06 bits per heavy atom. The van der Waals surface area contributed by atoms with Gasteiger partial charge >= 0.3 is 0 Å². The number of carbonyl (C=O) groups excluding carboxylic acids is 2. The summed E-state index contributed by atoms with van der Waals surface area (Å²) in [5.74, 6) is -0.290. The Morgan fingerprint density at radius 1 is 1.23 bits per heavy atom. The summed E-state index contributed by atoms with van der Waals surface area (Å²) in [6.07, 6.45) is 2.33. The lowest BCUT2D eigenvalue weighted by atomic mass is 10.00. The zero-order valence-corrected chi connectivity index (χ0v) is 20.8.